The fourth-order valence-electron chi connectivity index (χ4n) is 2.45. The van der Waals surface area contributed by atoms with E-state index < -0.39 is 5.97 Å². The molecule has 0 bridgehead atoms. The Morgan fingerprint density at radius 3 is 2.56 bits per heavy atom. The van der Waals surface area contributed by atoms with Crippen LogP contribution < -0.4 is 4.74 Å². The third kappa shape index (κ3) is 3.14. The van der Waals surface area contributed by atoms with Gasteiger partial charge in [-0.05, 0) is 42.0 Å². The van der Waals surface area contributed by atoms with Crippen molar-refractivity contribution in [2.45, 2.75) is 0 Å². The smallest absolute Gasteiger partial charge is 0.341 e. The number of ether oxygens (including phenoxy) is 2. The molecule has 6 nitrogen and oxygen atoms in total. The summed E-state index contributed by atoms with van der Waals surface area (Å²) < 4.78 is 15.2. The van der Waals surface area contributed by atoms with Crippen LogP contribution in [0.25, 0.3) is 23.1 Å². The summed E-state index contributed by atoms with van der Waals surface area (Å²) in [5, 5.41) is 20.6. The Balaban J connectivity index is 1.93. The number of hydrogen-bond acceptors (Lipinski definition) is 6. The van der Waals surface area contributed by atoms with Gasteiger partial charge in [-0.1, -0.05) is 12.1 Å². The second kappa shape index (κ2) is 6.60. The van der Waals surface area contributed by atoms with Crippen LogP contribution in [0.4, 0.5) is 0 Å². The summed E-state index contributed by atoms with van der Waals surface area (Å²) in [4.78, 5) is 11.6. The van der Waals surface area contributed by atoms with Gasteiger partial charge in [-0.2, -0.15) is 0 Å². The van der Waals surface area contributed by atoms with Gasteiger partial charge in [0, 0.05) is 5.39 Å². The molecule has 128 valence electrons. The molecule has 0 saturated carbocycles. The van der Waals surface area contributed by atoms with E-state index in [2.05, 4.69) is 4.74 Å². The maximum Gasteiger partial charge on any atom is 0.341 e. The summed E-state index contributed by atoms with van der Waals surface area (Å²) >= 11 is 0. The van der Waals surface area contributed by atoms with Crippen molar-refractivity contribution < 1.29 is 28.9 Å². The molecule has 3 aromatic rings. The highest BCUT2D eigenvalue weighted by molar-refractivity contribution is 5.99. The average Bonchev–Trinajstić information content (AvgIpc) is 3.04. The average molecular weight is 340 g/mol. The first-order valence-electron chi connectivity index (χ1n) is 7.42. The predicted molar refractivity (Wildman–Crippen MR) is 92.8 cm³/mol. The zero-order chi connectivity index (χ0) is 18.0. The minimum absolute atomic E-state index is 0.0367. The molecule has 0 aliphatic heterocycles. The van der Waals surface area contributed by atoms with Gasteiger partial charge < -0.3 is 24.1 Å². The van der Waals surface area contributed by atoms with Crippen LogP contribution in [-0.4, -0.2) is 30.4 Å². The summed E-state index contributed by atoms with van der Waals surface area (Å²) in [5.41, 5.74) is 0.998. The molecule has 25 heavy (non-hydrogen) atoms. The van der Waals surface area contributed by atoms with Gasteiger partial charge in [0.25, 0.3) is 0 Å². The van der Waals surface area contributed by atoms with Gasteiger partial charge in [-0.15, -0.1) is 0 Å². The number of methoxy groups -OCH3 is 2. The molecule has 0 radical (unpaired) electrons. The number of aromatic hydroxyl groups is 2. The molecule has 1 heterocycles. The van der Waals surface area contributed by atoms with E-state index in [1.54, 1.807) is 42.5 Å². The van der Waals surface area contributed by atoms with Crippen LogP contribution in [0.15, 0.2) is 40.8 Å². The Bertz CT molecular complexity index is 967. The minimum atomic E-state index is -0.637. The first kappa shape index (κ1) is 16.4. The third-order valence-electron chi connectivity index (χ3n) is 3.73. The highest BCUT2D eigenvalue weighted by Gasteiger charge is 2.17. The normalized spacial score (nSPS) is 11.1. The van der Waals surface area contributed by atoms with Crippen molar-refractivity contribution in [2.75, 3.05) is 14.2 Å². The van der Waals surface area contributed by atoms with Crippen molar-refractivity contribution in [1.29, 1.82) is 0 Å². The number of rotatable bonds is 4. The van der Waals surface area contributed by atoms with Crippen molar-refractivity contribution in [3.8, 4) is 17.2 Å². The molecule has 1 aromatic heterocycles. The molecule has 0 unspecified atom stereocenters. The Hall–Kier alpha value is -3.41. The number of fused-ring (bicyclic) bond motifs is 1. The Labute approximate surface area is 143 Å². The Morgan fingerprint density at radius 2 is 1.88 bits per heavy atom. The molecule has 2 N–H and O–H groups in total. The fourth-order valence-corrected chi connectivity index (χ4v) is 2.45. The van der Waals surface area contributed by atoms with Crippen LogP contribution in [0.5, 0.6) is 17.2 Å². The predicted octanol–water partition coefficient (Wildman–Crippen LogP) is 3.81. The maximum atomic E-state index is 11.6. The summed E-state index contributed by atoms with van der Waals surface area (Å²) in [5.74, 6) is 0.0195. The van der Waals surface area contributed by atoms with E-state index in [9.17, 15) is 15.0 Å². The van der Waals surface area contributed by atoms with Gasteiger partial charge in [0.1, 0.15) is 11.3 Å². The van der Waals surface area contributed by atoms with E-state index in [-0.39, 0.29) is 22.6 Å². The molecule has 2 aromatic carbocycles. The summed E-state index contributed by atoms with van der Waals surface area (Å²) in [6.45, 7) is 0. The van der Waals surface area contributed by atoms with Crippen molar-refractivity contribution in [3.05, 3.63) is 53.3 Å². The lowest BCUT2D eigenvalue weighted by Crippen LogP contribution is -2.01. The molecular formula is C19H16O6. The molecule has 3 rings (SSSR count). The topological polar surface area (TPSA) is 89.1 Å². The fraction of sp³-hybridized carbons (Fsp3) is 0.105. The molecule has 0 aliphatic carbocycles. The standard InChI is InChI=1S/C19H16O6/c1-23-16-8-4-11(9-15(16)20)3-6-13-10-12-5-7-14(19(22)24-2)17(21)18(12)25-13/h3-10,20-21H,1-2H3/b6-3+. The largest absolute Gasteiger partial charge is 0.504 e. The second-order valence-corrected chi connectivity index (χ2v) is 5.29. The number of phenols is 2. The number of esters is 1. The highest BCUT2D eigenvalue weighted by atomic mass is 16.5. The Morgan fingerprint density at radius 1 is 1.08 bits per heavy atom. The van der Waals surface area contributed by atoms with Crippen LogP contribution in [0.1, 0.15) is 21.7 Å². The first-order chi connectivity index (χ1) is 12.0. The number of furan rings is 1. The molecule has 0 aliphatic rings. The van der Waals surface area contributed by atoms with Crippen molar-refractivity contribution >= 4 is 29.1 Å². The zero-order valence-corrected chi connectivity index (χ0v) is 13.6. The van der Waals surface area contributed by atoms with Gasteiger partial charge in [0.05, 0.1) is 14.2 Å². The van der Waals surface area contributed by atoms with Crippen molar-refractivity contribution in [3.63, 3.8) is 0 Å². The minimum Gasteiger partial charge on any atom is -0.504 e. The summed E-state index contributed by atoms with van der Waals surface area (Å²) in [6, 6.07) is 9.88. The van der Waals surface area contributed by atoms with E-state index in [0.717, 1.165) is 5.56 Å². The number of carbonyl (C=O) groups is 1. The molecule has 0 fully saturated rings. The lowest BCUT2D eigenvalue weighted by Gasteiger charge is -2.03. The van der Waals surface area contributed by atoms with Gasteiger partial charge in [0.15, 0.2) is 22.8 Å². The number of phenolic OH excluding ortho intramolecular Hbond substituents is 2. The first-order valence-corrected chi connectivity index (χ1v) is 7.42. The van der Waals surface area contributed by atoms with Crippen LogP contribution >= 0.6 is 0 Å². The molecular weight excluding hydrogens is 324 g/mol. The van der Waals surface area contributed by atoms with Gasteiger partial charge >= 0.3 is 5.97 Å². The van der Waals surface area contributed by atoms with E-state index >= 15 is 0 Å². The molecule has 0 atom stereocenters. The second-order valence-electron chi connectivity index (χ2n) is 5.29. The SMILES string of the molecule is COC(=O)c1ccc2cc(/C=C/c3ccc(OC)c(O)c3)oc2c1O. The lowest BCUT2D eigenvalue weighted by atomic mass is 10.1. The quantitative estimate of drug-likeness (QED) is 0.702. The van der Waals surface area contributed by atoms with Crippen LogP contribution in [-0.2, 0) is 4.74 Å². The Kier molecular flexibility index (Phi) is 4.35. The van der Waals surface area contributed by atoms with E-state index in [1.807, 2.05) is 0 Å². The van der Waals surface area contributed by atoms with E-state index in [1.165, 1.54) is 20.3 Å². The monoisotopic (exact) mass is 340 g/mol. The lowest BCUT2D eigenvalue weighted by molar-refractivity contribution is 0.0597. The van der Waals surface area contributed by atoms with Gasteiger partial charge in [0.2, 0.25) is 0 Å². The summed E-state index contributed by atoms with van der Waals surface area (Å²) in [6.07, 6.45) is 3.44. The van der Waals surface area contributed by atoms with Crippen molar-refractivity contribution in [1.82, 2.24) is 0 Å². The summed E-state index contributed by atoms with van der Waals surface area (Å²) in [7, 11) is 2.72. The van der Waals surface area contributed by atoms with E-state index in [4.69, 9.17) is 9.15 Å². The molecule has 6 heteroatoms. The zero-order valence-electron chi connectivity index (χ0n) is 13.6. The van der Waals surface area contributed by atoms with Gasteiger partial charge in [-0.3, -0.25) is 0 Å². The number of benzene rings is 2. The molecule has 0 saturated heterocycles. The van der Waals surface area contributed by atoms with Crippen LogP contribution in [0.3, 0.4) is 0 Å². The molecule has 0 spiro atoms. The number of hydrogen-bond donors (Lipinski definition) is 2. The van der Waals surface area contributed by atoms with Crippen LogP contribution in [0, 0.1) is 0 Å². The maximum absolute atomic E-state index is 11.6. The highest BCUT2D eigenvalue weighted by Crippen LogP contribution is 2.33. The molecule has 0 amide bonds. The third-order valence-corrected chi connectivity index (χ3v) is 3.73. The van der Waals surface area contributed by atoms with Crippen molar-refractivity contribution in [2.24, 2.45) is 0 Å². The number of carbonyl (C=O) groups excluding carboxylic acids is 1. The van der Waals surface area contributed by atoms with Crippen LogP contribution in [0.2, 0.25) is 0 Å². The van der Waals surface area contributed by atoms with E-state index in [0.29, 0.717) is 16.9 Å². The van der Waals surface area contributed by atoms with Gasteiger partial charge in [-0.25, -0.2) is 4.79 Å².